The second-order valence-electron chi connectivity index (χ2n) is 3.57. The number of halogens is 1. The highest BCUT2D eigenvalue weighted by molar-refractivity contribution is 9.11. The fourth-order valence-corrected chi connectivity index (χ4v) is 2.44. The summed E-state index contributed by atoms with van der Waals surface area (Å²) >= 11 is 4.79. The molecule has 0 aliphatic heterocycles. The zero-order chi connectivity index (χ0) is 12.4. The number of carbonyl (C=O) groups is 1. The summed E-state index contributed by atoms with van der Waals surface area (Å²) < 4.78 is 6.31. The Morgan fingerprint density at radius 2 is 2.35 bits per heavy atom. The molecule has 6 heteroatoms. The van der Waals surface area contributed by atoms with Gasteiger partial charge in [-0.05, 0) is 35.8 Å². The van der Waals surface area contributed by atoms with Crippen molar-refractivity contribution in [1.29, 1.82) is 0 Å². The van der Waals surface area contributed by atoms with Gasteiger partial charge in [0.2, 0.25) is 5.89 Å². The fraction of sp³-hybridized carbons (Fsp3) is 0.273. The average molecular weight is 315 g/mol. The van der Waals surface area contributed by atoms with Gasteiger partial charge in [-0.3, -0.25) is 4.79 Å². The SMILES string of the molecule is Cc1nc(CNC(=O)c2csc(Br)c2)oc1C. The monoisotopic (exact) mass is 314 g/mol. The first-order valence-corrected chi connectivity index (χ1v) is 6.68. The van der Waals surface area contributed by atoms with Crippen LogP contribution in [0.3, 0.4) is 0 Å². The van der Waals surface area contributed by atoms with Gasteiger partial charge in [0.15, 0.2) is 0 Å². The van der Waals surface area contributed by atoms with E-state index in [1.165, 1.54) is 11.3 Å². The van der Waals surface area contributed by atoms with Crippen LogP contribution in [-0.2, 0) is 6.54 Å². The maximum atomic E-state index is 11.7. The number of nitrogens with one attached hydrogen (secondary N) is 1. The number of oxazole rings is 1. The molecule has 0 aromatic carbocycles. The maximum Gasteiger partial charge on any atom is 0.252 e. The zero-order valence-corrected chi connectivity index (χ0v) is 11.8. The van der Waals surface area contributed by atoms with Gasteiger partial charge in [-0.25, -0.2) is 4.98 Å². The number of thiophene rings is 1. The summed E-state index contributed by atoms with van der Waals surface area (Å²) in [5, 5.41) is 4.56. The number of aryl methyl sites for hydroxylation is 2. The van der Waals surface area contributed by atoms with Crippen molar-refractivity contribution in [3.05, 3.63) is 38.1 Å². The molecule has 0 spiro atoms. The lowest BCUT2D eigenvalue weighted by atomic mass is 10.3. The predicted octanol–water partition coefficient (Wildman–Crippen LogP) is 3.05. The Labute approximate surface area is 111 Å². The highest BCUT2D eigenvalue weighted by Crippen LogP contribution is 2.20. The summed E-state index contributed by atoms with van der Waals surface area (Å²) in [7, 11) is 0. The Hall–Kier alpha value is -1.14. The van der Waals surface area contributed by atoms with E-state index in [-0.39, 0.29) is 5.91 Å². The zero-order valence-electron chi connectivity index (χ0n) is 9.41. The molecule has 4 nitrogen and oxygen atoms in total. The summed E-state index contributed by atoms with van der Waals surface area (Å²) in [6.45, 7) is 4.03. The number of carbonyl (C=O) groups excluding carboxylic acids is 1. The smallest absolute Gasteiger partial charge is 0.252 e. The third kappa shape index (κ3) is 2.95. The summed E-state index contributed by atoms with van der Waals surface area (Å²) in [6.07, 6.45) is 0. The molecular formula is C11H11BrN2O2S. The highest BCUT2D eigenvalue weighted by atomic mass is 79.9. The molecule has 2 aromatic heterocycles. The minimum atomic E-state index is -0.125. The van der Waals surface area contributed by atoms with Crippen molar-refractivity contribution in [2.75, 3.05) is 0 Å². The van der Waals surface area contributed by atoms with Crippen LogP contribution >= 0.6 is 27.3 Å². The quantitative estimate of drug-likeness (QED) is 0.947. The van der Waals surface area contributed by atoms with Crippen molar-refractivity contribution in [2.24, 2.45) is 0 Å². The number of rotatable bonds is 3. The van der Waals surface area contributed by atoms with E-state index < -0.39 is 0 Å². The number of hydrogen-bond donors (Lipinski definition) is 1. The second-order valence-corrected chi connectivity index (χ2v) is 5.86. The van der Waals surface area contributed by atoms with Crippen molar-refractivity contribution in [3.8, 4) is 0 Å². The van der Waals surface area contributed by atoms with E-state index in [1.54, 1.807) is 11.4 Å². The molecule has 0 fully saturated rings. The molecule has 0 unspecified atom stereocenters. The molecule has 0 bridgehead atoms. The van der Waals surface area contributed by atoms with Gasteiger partial charge in [-0.15, -0.1) is 11.3 Å². The van der Waals surface area contributed by atoms with Crippen LogP contribution in [0.15, 0.2) is 19.6 Å². The summed E-state index contributed by atoms with van der Waals surface area (Å²) in [5.41, 5.74) is 1.49. The fourth-order valence-electron chi connectivity index (χ4n) is 1.30. The van der Waals surface area contributed by atoms with Crippen molar-refractivity contribution in [2.45, 2.75) is 20.4 Å². The molecular weight excluding hydrogens is 304 g/mol. The van der Waals surface area contributed by atoms with Crippen LogP contribution in [0.25, 0.3) is 0 Å². The highest BCUT2D eigenvalue weighted by Gasteiger charge is 2.10. The van der Waals surface area contributed by atoms with Gasteiger partial charge in [0.1, 0.15) is 5.76 Å². The second kappa shape index (κ2) is 5.01. The Balaban J connectivity index is 1.96. The first-order chi connectivity index (χ1) is 8.06. The third-order valence-electron chi connectivity index (χ3n) is 2.30. The van der Waals surface area contributed by atoms with E-state index in [0.29, 0.717) is 18.0 Å². The minimum absolute atomic E-state index is 0.125. The van der Waals surface area contributed by atoms with Gasteiger partial charge >= 0.3 is 0 Å². The Morgan fingerprint density at radius 3 is 2.88 bits per heavy atom. The molecule has 0 aliphatic rings. The van der Waals surface area contributed by atoms with Gasteiger partial charge in [0.25, 0.3) is 5.91 Å². The Bertz CT molecular complexity index is 528. The Kier molecular flexibility index (Phi) is 3.63. The molecule has 0 saturated heterocycles. The van der Waals surface area contributed by atoms with E-state index in [1.807, 2.05) is 13.8 Å². The first-order valence-electron chi connectivity index (χ1n) is 5.01. The number of amides is 1. The van der Waals surface area contributed by atoms with E-state index in [9.17, 15) is 4.79 Å². The molecule has 0 radical (unpaired) electrons. The normalized spacial score (nSPS) is 10.5. The summed E-state index contributed by atoms with van der Waals surface area (Å²) in [5.74, 6) is 1.19. The average Bonchev–Trinajstić information content (AvgIpc) is 2.83. The lowest BCUT2D eigenvalue weighted by Crippen LogP contribution is -2.22. The van der Waals surface area contributed by atoms with E-state index >= 15 is 0 Å². The van der Waals surface area contributed by atoms with Crippen LogP contribution in [-0.4, -0.2) is 10.9 Å². The maximum absolute atomic E-state index is 11.7. The molecule has 90 valence electrons. The first kappa shape index (κ1) is 12.3. The number of aromatic nitrogens is 1. The van der Waals surface area contributed by atoms with Gasteiger partial charge in [-0.2, -0.15) is 0 Å². The van der Waals surface area contributed by atoms with Crippen molar-refractivity contribution >= 4 is 33.2 Å². The summed E-state index contributed by atoms with van der Waals surface area (Å²) in [4.78, 5) is 15.9. The van der Waals surface area contributed by atoms with Crippen LogP contribution < -0.4 is 5.32 Å². The van der Waals surface area contributed by atoms with Crippen LogP contribution in [0.4, 0.5) is 0 Å². The van der Waals surface area contributed by atoms with Gasteiger partial charge in [0, 0.05) is 5.38 Å². The van der Waals surface area contributed by atoms with Crippen LogP contribution in [0.5, 0.6) is 0 Å². The van der Waals surface area contributed by atoms with Crippen molar-refractivity contribution < 1.29 is 9.21 Å². The molecule has 2 rings (SSSR count). The van der Waals surface area contributed by atoms with Crippen molar-refractivity contribution in [1.82, 2.24) is 10.3 Å². The standard InChI is InChI=1S/C11H11BrN2O2S/c1-6-7(2)16-10(14-6)4-13-11(15)8-3-9(12)17-5-8/h3,5H,4H2,1-2H3,(H,13,15). The van der Waals surface area contributed by atoms with Gasteiger partial charge < -0.3 is 9.73 Å². The van der Waals surface area contributed by atoms with E-state index in [0.717, 1.165) is 15.2 Å². The topological polar surface area (TPSA) is 55.1 Å². The Morgan fingerprint density at radius 1 is 1.59 bits per heavy atom. The molecule has 1 amide bonds. The van der Waals surface area contributed by atoms with E-state index in [4.69, 9.17) is 4.42 Å². The van der Waals surface area contributed by atoms with E-state index in [2.05, 4.69) is 26.2 Å². The molecule has 17 heavy (non-hydrogen) atoms. The molecule has 0 saturated carbocycles. The minimum Gasteiger partial charge on any atom is -0.444 e. The summed E-state index contributed by atoms with van der Waals surface area (Å²) in [6, 6.07) is 1.78. The molecule has 2 aromatic rings. The lowest BCUT2D eigenvalue weighted by Gasteiger charge is -1.99. The van der Waals surface area contributed by atoms with Crippen LogP contribution in [0.1, 0.15) is 27.7 Å². The molecule has 1 N–H and O–H groups in total. The largest absolute Gasteiger partial charge is 0.444 e. The lowest BCUT2D eigenvalue weighted by molar-refractivity contribution is 0.0947. The van der Waals surface area contributed by atoms with Crippen LogP contribution in [0.2, 0.25) is 0 Å². The molecule has 0 atom stereocenters. The molecule has 0 aliphatic carbocycles. The van der Waals surface area contributed by atoms with Gasteiger partial charge in [0.05, 0.1) is 21.6 Å². The predicted molar refractivity (Wildman–Crippen MR) is 69.2 cm³/mol. The number of hydrogen-bond acceptors (Lipinski definition) is 4. The van der Waals surface area contributed by atoms with Crippen LogP contribution in [0, 0.1) is 13.8 Å². The van der Waals surface area contributed by atoms with Gasteiger partial charge in [-0.1, -0.05) is 0 Å². The molecule has 2 heterocycles. The van der Waals surface area contributed by atoms with Crippen molar-refractivity contribution in [3.63, 3.8) is 0 Å². The number of nitrogens with zero attached hydrogens (tertiary/aromatic N) is 1. The third-order valence-corrected chi connectivity index (χ3v) is 3.81.